The SMILES string of the molecule is N#Cc1ccc(N[C@H]2CC[C@H](Oc3cncc(Br)c3)CC2)cc1C(F)(F)F. The highest BCUT2D eigenvalue weighted by Crippen LogP contribution is 2.34. The Bertz CT molecular complexity index is 843. The number of nitrogens with one attached hydrogen (secondary N) is 1. The van der Waals surface area contributed by atoms with Crippen molar-refractivity contribution in [3.05, 3.63) is 52.3 Å². The molecule has 0 unspecified atom stereocenters. The van der Waals surface area contributed by atoms with Crippen LogP contribution in [-0.2, 0) is 6.18 Å². The molecule has 0 amide bonds. The molecular weight excluding hydrogens is 423 g/mol. The third-order valence-electron chi connectivity index (χ3n) is 4.47. The average molecular weight is 440 g/mol. The number of nitrogens with zero attached hydrogens (tertiary/aromatic N) is 2. The van der Waals surface area contributed by atoms with Gasteiger partial charge in [-0.15, -0.1) is 0 Å². The number of ether oxygens (including phenoxy) is 1. The third-order valence-corrected chi connectivity index (χ3v) is 4.91. The molecule has 1 aromatic heterocycles. The number of hydrogen-bond acceptors (Lipinski definition) is 4. The maximum Gasteiger partial charge on any atom is 0.417 e. The Morgan fingerprint density at radius 3 is 2.52 bits per heavy atom. The number of nitriles is 1. The molecule has 0 spiro atoms. The molecule has 142 valence electrons. The molecule has 1 aliphatic carbocycles. The molecule has 1 heterocycles. The lowest BCUT2D eigenvalue weighted by molar-refractivity contribution is -0.137. The highest BCUT2D eigenvalue weighted by Gasteiger charge is 2.34. The van der Waals surface area contributed by atoms with Crippen molar-refractivity contribution >= 4 is 21.6 Å². The van der Waals surface area contributed by atoms with Gasteiger partial charge in [-0.05, 0) is 65.9 Å². The Morgan fingerprint density at radius 2 is 1.89 bits per heavy atom. The summed E-state index contributed by atoms with van der Waals surface area (Å²) in [6, 6.07) is 7.25. The van der Waals surface area contributed by atoms with Crippen LogP contribution < -0.4 is 10.1 Å². The number of hydrogen-bond donors (Lipinski definition) is 1. The number of alkyl halides is 3. The Morgan fingerprint density at radius 1 is 1.15 bits per heavy atom. The van der Waals surface area contributed by atoms with Crippen LogP contribution in [-0.4, -0.2) is 17.1 Å². The average Bonchev–Trinajstić information content (AvgIpc) is 2.63. The molecule has 1 fully saturated rings. The van der Waals surface area contributed by atoms with Gasteiger partial charge >= 0.3 is 6.18 Å². The van der Waals surface area contributed by atoms with Crippen LogP contribution in [0, 0.1) is 11.3 Å². The summed E-state index contributed by atoms with van der Waals surface area (Å²) in [5.41, 5.74) is -0.899. The predicted molar refractivity (Wildman–Crippen MR) is 98.4 cm³/mol. The Balaban J connectivity index is 1.59. The molecule has 2 aromatic rings. The van der Waals surface area contributed by atoms with E-state index in [2.05, 4.69) is 26.2 Å². The van der Waals surface area contributed by atoms with Crippen LogP contribution in [0.15, 0.2) is 41.1 Å². The lowest BCUT2D eigenvalue weighted by Crippen LogP contribution is -2.31. The zero-order valence-corrected chi connectivity index (χ0v) is 15.8. The zero-order valence-electron chi connectivity index (χ0n) is 14.3. The first-order valence-corrected chi connectivity index (χ1v) is 9.29. The van der Waals surface area contributed by atoms with Crippen molar-refractivity contribution in [1.29, 1.82) is 5.26 Å². The highest BCUT2D eigenvalue weighted by molar-refractivity contribution is 9.10. The minimum atomic E-state index is -4.55. The third kappa shape index (κ3) is 5.13. The molecule has 1 saturated carbocycles. The van der Waals surface area contributed by atoms with Gasteiger partial charge in [0.25, 0.3) is 0 Å². The number of aromatic nitrogens is 1. The van der Waals surface area contributed by atoms with Gasteiger partial charge in [0.2, 0.25) is 0 Å². The van der Waals surface area contributed by atoms with Crippen LogP contribution in [0.2, 0.25) is 0 Å². The van der Waals surface area contributed by atoms with Crippen LogP contribution in [0.5, 0.6) is 5.75 Å². The first-order valence-electron chi connectivity index (χ1n) is 8.50. The molecule has 0 saturated heterocycles. The summed E-state index contributed by atoms with van der Waals surface area (Å²) in [6.45, 7) is 0. The summed E-state index contributed by atoms with van der Waals surface area (Å²) in [4.78, 5) is 4.06. The summed E-state index contributed by atoms with van der Waals surface area (Å²) < 4.78 is 46.0. The van der Waals surface area contributed by atoms with Gasteiger partial charge in [0.1, 0.15) is 5.75 Å². The number of anilines is 1. The first kappa shape index (κ1) is 19.5. The van der Waals surface area contributed by atoms with E-state index in [1.165, 1.54) is 12.1 Å². The van der Waals surface area contributed by atoms with Crippen LogP contribution in [0.3, 0.4) is 0 Å². The smallest absolute Gasteiger partial charge is 0.417 e. The topological polar surface area (TPSA) is 57.9 Å². The molecule has 0 aliphatic heterocycles. The fraction of sp³-hybridized carbons (Fsp3) is 0.368. The standard InChI is InChI=1S/C19H17BrF3N3O/c20-13-7-17(11-25-10-13)27-16-5-3-14(4-6-16)26-15-2-1-12(9-24)18(8-15)19(21,22)23/h1-2,7-8,10-11,14,16,26H,3-6H2/t14-,16-. The normalized spacial score (nSPS) is 20.0. The maximum atomic E-state index is 13.1. The van der Waals surface area contributed by atoms with Gasteiger partial charge in [-0.2, -0.15) is 18.4 Å². The van der Waals surface area contributed by atoms with E-state index in [9.17, 15) is 13.2 Å². The van der Waals surface area contributed by atoms with E-state index < -0.39 is 11.7 Å². The van der Waals surface area contributed by atoms with Crippen LogP contribution >= 0.6 is 15.9 Å². The summed E-state index contributed by atoms with van der Waals surface area (Å²) in [7, 11) is 0. The van der Waals surface area contributed by atoms with Crippen molar-refractivity contribution in [3.8, 4) is 11.8 Å². The molecule has 1 N–H and O–H groups in total. The van der Waals surface area contributed by atoms with E-state index in [1.54, 1.807) is 18.5 Å². The van der Waals surface area contributed by atoms with E-state index in [-0.39, 0.29) is 17.7 Å². The fourth-order valence-electron chi connectivity index (χ4n) is 3.18. The van der Waals surface area contributed by atoms with Crippen LogP contribution in [0.4, 0.5) is 18.9 Å². The Kier molecular flexibility index (Phi) is 5.90. The van der Waals surface area contributed by atoms with Crippen molar-refractivity contribution in [2.75, 3.05) is 5.32 Å². The fourth-order valence-corrected chi connectivity index (χ4v) is 3.52. The number of pyridine rings is 1. The van der Waals surface area contributed by atoms with Gasteiger partial charge < -0.3 is 10.1 Å². The van der Waals surface area contributed by atoms with Crippen molar-refractivity contribution < 1.29 is 17.9 Å². The van der Waals surface area contributed by atoms with E-state index >= 15 is 0 Å². The summed E-state index contributed by atoms with van der Waals surface area (Å²) in [6.07, 6.45) is 2.02. The molecule has 8 heteroatoms. The van der Waals surface area contributed by atoms with Crippen molar-refractivity contribution in [2.45, 2.75) is 44.0 Å². The quantitative estimate of drug-likeness (QED) is 0.679. The van der Waals surface area contributed by atoms with Crippen molar-refractivity contribution in [3.63, 3.8) is 0 Å². The second kappa shape index (κ2) is 8.17. The number of rotatable bonds is 4. The van der Waals surface area contributed by atoms with Gasteiger partial charge in [-0.1, -0.05) is 0 Å². The molecule has 0 radical (unpaired) electrons. The summed E-state index contributed by atoms with van der Waals surface area (Å²) in [5, 5.41) is 12.0. The van der Waals surface area contributed by atoms with E-state index in [0.717, 1.165) is 36.2 Å². The molecule has 0 atom stereocenters. The maximum absolute atomic E-state index is 13.1. The van der Waals surface area contributed by atoms with E-state index in [4.69, 9.17) is 10.00 Å². The van der Waals surface area contributed by atoms with Gasteiger partial charge in [-0.3, -0.25) is 4.98 Å². The first-order chi connectivity index (χ1) is 12.8. The Labute approximate surface area is 163 Å². The van der Waals surface area contributed by atoms with Gasteiger partial charge in [0, 0.05) is 22.4 Å². The Hall–Kier alpha value is -2.27. The second-order valence-electron chi connectivity index (χ2n) is 6.44. The van der Waals surface area contributed by atoms with Gasteiger partial charge in [0.15, 0.2) is 0 Å². The number of benzene rings is 1. The minimum Gasteiger partial charge on any atom is -0.489 e. The minimum absolute atomic E-state index is 0.0610. The molecular formula is C19H17BrF3N3O. The largest absolute Gasteiger partial charge is 0.489 e. The molecule has 4 nitrogen and oxygen atoms in total. The monoisotopic (exact) mass is 439 g/mol. The van der Waals surface area contributed by atoms with Gasteiger partial charge in [0.05, 0.1) is 29.5 Å². The summed E-state index contributed by atoms with van der Waals surface area (Å²) >= 11 is 3.35. The molecule has 0 bridgehead atoms. The lowest BCUT2D eigenvalue weighted by atomic mass is 9.92. The van der Waals surface area contributed by atoms with Crippen molar-refractivity contribution in [2.24, 2.45) is 0 Å². The van der Waals surface area contributed by atoms with Crippen LogP contribution in [0.25, 0.3) is 0 Å². The molecule has 1 aromatic carbocycles. The van der Waals surface area contributed by atoms with Crippen LogP contribution in [0.1, 0.15) is 36.8 Å². The highest BCUT2D eigenvalue weighted by atomic mass is 79.9. The second-order valence-corrected chi connectivity index (χ2v) is 7.36. The molecule has 3 rings (SSSR count). The zero-order chi connectivity index (χ0) is 19.4. The van der Waals surface area contributed by atoms with E-state index in [0.29, 0.717) is 11.4 Å². The molecule has 27 heavy (non-hydrogen) atoms. The predicted octanol–water partition coefficient (Wildman–Crippen LogP) is 5.54. The number of halogens is 4. The lowest BCUT2D eigenvalue weighted by Gasteiger charge is -2.30. The molecule has 1 aliphatic rings. The van der Waals surface area contributed by atoms with Gasteiger partial charge in [-0.25, -0.2) is 0 Å². The van der Waals surface area contributed by atoms with E-state index in [1.807, 2.05) is 6.07 Å². The summed E-state index contributed by atoms with van der Waals surface area (Å²) in [5.74, 6) is 0.697. The van der Waals surface area contributed by atoms with Crippen molar-refractivity contribution in [1.82, 2.24) is 4.98 Å².